The van der Waals surface area contributed by atoms with Gasteiger partial charge in [-0.05, 0) is 31.4 Å². The first kappa shape index (κ1) is 11.8. The van der Waals surface area contributed by atoms with Crippen LogP contribution in [0, 0.1) is 0 Å². The summed E-state index contributed by atoms with van der Waals surface area (Å²) < 4.78 is 1.74. The lowest BCUT2D eigenvalue weighted by Crippen LogP contribution is -2.22. The van der Waals surface area contributed by atoms with Gasteiger partial charge in [-0.1, -0.05) is 13.8 Å². The highest BCUT2D eigenvalue weighted by Crippen LogP contribution is 2.18. The summed E-state index contributed by atoms with van der Waals surface area (Å²) in [5.41, 5.74) is 2.50. The van der Waals surface area contributed by atoms with Crippen LogP contribution < -0.4 is 5.56 Å². The van der Waals surface area contributed by atoms with Crippen LogP contribution in [0.1, 0.15) is 45.2 Å². The first-order chi connectivity index (χ1) is 8.00. The number of fused-ring (bicyclic) bond motifs is 1. The maximum absolute atomic E-state index is 11.8. The quantitative estimate of drug-likeness (QED) is 0.797. The second-order valence-corrected chi connectivity index (χ2v) is 4.83. The van der Waals surface area contributed by atoms with Crippen molar-refractivity contribution in [2.24, 2.45) is 0 Å². The van der Waals surface area contributed by atoms with Crippen LogP contribution in [0.25, 0.3) is 11.2 Å². The third kappa shape index (κ3) is 2.07. The maximum atomic E-state index is 11.8. The summed E-state index contributed by atoms with van der Waals surface area (Å²) in [7, 11) is 0. The lowest BCUT2D eigenvalue weighted by Gasteiger charge is -2.14. The van der Waals surface area contributed by atoms with Crippen molar-refractivity contribution in [2.75, 3.05) is 0 Å². The molecule has 0 bridgehead atoms. The molecule has 4 heteroatoms. The Labute approximate surface area is 100 Å². The predicted molar refractivity (Wildman–Crippen MR) is 68.3 cm³/mol. The molecule has 0 fully saturated rings. The Hall–Kier alpha value is -1.71. The summed E-state index contributed by atoms with van der Waals surface area (Å²) in [5.74, 6) is 0.392. The van der Waals surface area contributed by atoms with Gasteiger partial charge in [0, 0.05) is 12.2 Å². The highest BCUT2D eigenvalue weighted by molar-refractivity contribution is 5.70. The summed E-state index contributed by atoms with van der Waals surface area (Å²) >= 11 is 0. The average Bonchev–Trinajstić information content (AvgIpc) is 2.27. The van der Waals surface area contributed by atoms with Crippen molar-refractivity contribution in [2.45, 2.75) is 39.7 Å². The van der Waals surface area contributed by atoms with Crippen LogP contribution in [-0.2, 0) is 0 Å². The predicted octanol–water partition coefficient (Wildman–Crippen LogP) is 2.50. The van der Waals surface area contributed by atoms with Crippen LogP contribution in [0.3, 0.4) is 0 Å². The Morgan fingerprint density at radius 1 is 1.12 bits per heavy atom. The van der Waals surface area contributed by atoms with Crippen molar-refractivity contribution in [3.05, 3.63) is 34.4 Å². The molecule has 4 nitrogen and oxygen atoms in total. The lowest BCUT2D eigenvalue weighted by molar-refractivity contribution is 0.596. The van der Waals surface area contributed by atoms with E-state index in [1.165, 1.54) is 6.20 Å². The van der Waals surface area contributed by atoms with Gasteiger partial charge in [-0.25, -0.2) is 9.97 Å². The van der Waals surface area contributed by atoms with E-state index >= 15 is 0 Å². The Balaban J connectivity index is 2.81. The first-order valence-corrected chi connectivity index (χ1v) is 5.88. The van der Waals surface area contributed by atoms with E-state index in [0.29, 0.717) is 11.6 Å². The SMILES string of the molecule is CC(C)c1cnc2ncc(=O)n(C(C)C)c2c1. The molecule has 2 aromatic heterocycles. The van der Waals surface area contributed by atoms with Crippen LogP contribution in [0.5, 0.6) is 0 Å². The van der Waals surface area contributed by atoms with Crippen molar-refractivity contribution in [3.63, 3.8) is 0 Å². The summed E-state index contributed by atoms with van der Waals surface area (Å²) in [4.78, 5) is 20.2. The molecule has 0 spiro atoms. The topological polar surface area (TPSA) is 47.8 Å². The molecule has 0 aliphatic carbocycles. The third-order valence-corrected chi connectivity index (χ3v) is 2.85. The number of nitrogens with zero attached hydrogens (tertiary/aromatic N) is 3. The van der Waals surface area contributed by atoms with E-state index < -0.39 is 0 Å². The highest BCUT2D eigenvalue weighted by Gasteiger charge is 2.10. The second-order valence-electron chi connectivity index (χ2n) is 4.83. The minimum absolute atomic E-state index is 0.0739. The molecule has 0 aromatic carbocycles. The zero-order valence-corrected chi connectivity index (χ0v) is 10.6. The van der Waals surface area contributed by atoms with Crippen molar-refractivity contribution in [1.29, 1.82) is 0 Å². The normalized spacial score (nSPS) is 11.6. The fourth-order valence-electron chi connectivity index (χ4n) is 1.88. The van der Waals surface area contributed by atoms with Crippen molar-refractivity contribution in [1.82, 2.24) is 14.5 Å². The van der Waals surface area contributed by atoms with Gasteiger partial charge in [0.25, 0.3) is 5.56 Å². The third-order valence-electron chi connectivity index (χ3n) is 2.85. The van der Waals surface area contributed by atoms with Gasteiger partial charge in [-0.15, -0.1) is 0 Å². The molecular formula is C13H17N3O. The van der Waals surface area contributed by atoms with Gasteiger partial charge in [-0.3, -0.25) is 4.79 Å². The molecule has 90 valence electrons. The molecule has 0 saturated carbocycles. The summed E-state index contributed by atoms with van der Waals surface area (Å²) in [6.45, 7) is 8.19. The lowest BCUT2D eigenvalue weighted by atomic mass is 10.1. The van der Waals surface area contributed by atoms with E-state index in [1.54, 1.807) is 4.57 Å². The Bertz CT molecular complexity index is 599. The first-order valence-electron chi connectivity index (χ1n) is 5.88. The molecule has 2 heterocycles. The zero-order valence-electron chi connectivity index (χ0n) is 10.6. The van der Waals surface area contributed by atoms with E-state index in [4.69, 9.17) is 0 Å². The molecular weight excluding hydrogens is 214 g/mol. The van der Waals surface area contributed by atoms with Crippen molar-refractivity contribution >= 4 is 11.2 Å². The number of hydrogen-bond donors (Lipinski definition) is 0. The van der Waals surface area contributed by atoms with Crippen LogP contribution >= 0.6 is 0 Å². The molecule has 2 aromatic rings. The van der Waals surface area contributed by atoms with Gasteiger partial charge in [0.05, 0.1) is 11.7 Å². The van der Waals surface area contributed by atoms with Crippen LogP contribution in [-0.4, -0.2) is 14.5 Å². The van der Waals surface area contributed by atoms with E-state index in [2.05, 4.69) is 23.8 Å². The van der Waals surface area contributed by atoms with Gasteiger partial charge in [-0.2, -0.15) is 0 Å². The Morgan fingerprint density at radius 3 is 2.35 bits per heavy atom. The molecule has 17 heavy (non-hydrogen) atoms. The number of pyridine rings is 1. The van der Waals surface area contributed by atoms with Gasteiger partial charge >= 0.3 is 0 Å². The largest absolute Gasteiger partial charge is 0.301 e. The smallest absolute Gasteiger partial charge is 0.269 e. The van der Waals surface area contributed by atoms with Gasteiger partial charge in [0.2, 0.25) is 0 Å². The molecule has 0 atom stereocenters. The summed E-state index contributed by atoms with van der Waals surface area (Å²) in [6.07, 6.45) is 3.17. The van der Waals surface area contributed by atoms with Crippen LogP contribution in [0.2, 0.25) is 0 Å². The van der Waals surface area contributed by atoms with E-state index in [9.17, 15) is 4.79 Å². The highest BCUT2D eigenvalue weighted by atomic mass is 16.1. The average molecular weight is 231 g/mol. The fourth-order valence-corrected chi connectivity index (χ4v) is 1.88. The van der Waals surface area contributed by atoms with E-state index in [1.807, 2.05) is 26.1 Å². The second kappa shape index (κ2) is 4.28. The zero-order chi connectivity index (χ0) is 12.6. The molecule has 0 amide bonds. The van der Waals surface area contributed by atoms with Gasteiger partial charge in [0.1, 0.15) is 0 Å². The van der Waals surface area contributed by atoms with Gasteiger partial charge in [0.15, 0.2) is 5.65 Å². The molecule has 0 unspecified atom stereocenters. The molecule has 2 rings (SSSR count). The molecule has 0 saturated heterocycles. The van der Waals surface area contributed by atoms with E-state index in [0.717, 1.165) is 11.1 Å². The standard InChI is InChI=1S/C13H17N3O/c1-8(2)10-5-11-13(14-6-10)15-7-12(17)16(11)9(3)4/h5-9H,1-4H3. The van der Waals surface area contributed by atoms with Crippen molar-refractivity contribution < 1.29 is 0 Å². The van der Waals surface area contributed by atoms with Gasteiger partial charge < -0.3 is 4.57 Å². The number of aromatic nitrogens is 3. The summed E-state index contributed by atoms with van der Waals surface area (Å²) in [6, 6.07) is 2.12. The Kier molecular flexibility index (Phi) is 2.96. The van der Waals surface area contributed by atoms with E-state index in [-0.39, 0.29) is 11.6 Å². The maximum Gasteiger partial charge on any atom is 0.269 e. The number of rotatable bonds is 2. The molecule has 0 aliphatic rings. The Morgan fingerprint density at radius 2 is 1.76 bits per heavy atom. The molecule has 0 aliphatic heterocycles. The minimum Gasteiger partial charge on any atom is -0.301 e. The van der Waals surface area contributed by atoms with Crippen molar-refractivity contribution in [3.8, 4) is 0 Å². The summed E-state index contributed by atoms with van der Waals surface area (Å²) in [5, 5.41) is 0. The monoisotopic (exact) mass is 231 g/mol. The fraction of sp³-hybridized carbons (Fsp3) is 0.462. The molecule has 0 N–H and O–H groups in total. The minimum atomic E-state index is -0.0739. The van der Waals surface area contributed by atoms with Crippen LogP contribution in [0.4, 0.5) is 0 Å². The molecule has 0 radical (unpaired) electrons. The van der Waals surface area contributed by atoms with Crippen LogP contribution in [0.15, 0.2) is 23.3 Å². The number of hydrogen-bond acceptors (Lipinski definition) is 3.